The lowest BCUT2D eigenvalue weighted by Crippen LogP contribution is -2.38. The van der Waals surface area contributed by atoms with E-state index in [1.807, 2.05) is 0 Å². The zero-order valence-electron chi connectivity index (χ0n) is 13.9. The summed E-state index contributed by atoms with van der Waals surface area (Å²) >= 11 is 1.78. The molecular formula is C17H31NO2S. The van der Waals surface area contributed by atoms with E-state index in [1.165, 1.54) is 11.3 Å². The van der Waals surface area contributed by atoms with E-state index < -0.39 is 6.10 Å². The van der Waals surface area contributed by atoms with Crippen LogP contribution in [0.5, 0.6) is 0 Å². The number of ether oxygens (including phenoxy) is 1. The Hall–Kier alpha value is -0.420. The predicted octanol–water partition coefficient (Wildman–Crippen LogP) is 3.43. The molecule has 0 bridgehead atoms. The van der Waals surface area contributed by atoms with Gasteiger partial charge in [-0.25, -0.2) is 0 Å². The van der Waals surface area contributed by atoms with E-state index in [0.29, 0.717) is 13.2 Å². The van der Waals surface area contributed by atoms with Crippen molar-refractivity contribution in [1.29, 1.82) is 0 Å². The first-order chi connectivity index (χ1) is 9.92. The van der Waals surface area contributed by atoms with Crippen LogP contribution in [0.3, 0.4) is 0 Å². The molecule has 2 N–H and O–H groups in total. The van der Waals surface area contributed by atoms with Crippen LogP contribution in [0.2, 0.25) is 0 Å². The van der Waals surface area contributed by atoms with E-state index in [1.54, 1.807) is 11.3 Å². The zero-order valence-corrected chi connectivity index (χ0v) is 14.7. The van der Waals surface area contributed by atoms with Crippen molar-refractivity contribution < 1.29 is 9.84 Å². The van der Waals surface area contributed by atoms with Crippen LogP contribution in [-0.4, -0.2) is 37.5 Å². The maximum atomic E-state index is 9.90. The molecule has 0 aliphatic carbocycles. The first-order valence-corrected chi connectivity index (χ1v) is 8.80. The van der Waals surface area contributed by atoms with Gasteiger partial charge in [0.05, 0.1) is 12.7 Å². The third kappa shape index (κ3) is 7.96. The van der Waals surface area contributed by atoms with Crippen LogP contribution < -0.4 is 5.32 Å². The van der Waals surface area contributed by atoms with Crippen molar-refractivity contribution in [1.82, 2.24) is 5.32 Å². The normalized spacial score (nSPS) is 13.8. The van der Waals surface area contributed by atoms with Crippen molar-refractivity contribution in [2.45, 2.75) is 52.1 Å². The largest absolute Gasteiger partial charge is 0.389 e. The van der Waals surface area contributed by atoms with Crippen molar-refractivity contribution in [3.05, 3.63) is 22.4 Å². The minimum absolute atomic E-state index is 0.103. The van der Waals surface area contributed by atoms with Gasteiger partial charge in [-0.15, -0.1) is 11.3 Å². The summed E-state index contributed by atoms with van der Waals surface area (Å²) in [6, 6.07) is 4.25. The number of rotatable bonds is 11. The quantitative estimate of drug-likeness (QED) is 0.615. The Morgan fingerprint density at radius 2 is 2.14 bits per heavy atom. The van der Waals surface area contributed by atoms with Crippen LogP contribution in [0.4, 0.5) is 0 Å². The first-order valence-electron chi connectivity index (χ1n) is 7.92. The molecule has 3 nitrogen and oxygen atoms in total. The number of thiophene rings is 1. The molecule has 0 amide bonds. The van der Waals surface area contributed by atoms with Crippen LogP contribution in [-0.2, 0) is 10.2 Å². The Balaban J connectivity index is 2.09. The van der Waals surface area contributed by atoms with Crippen LogP contribution in [0, 0.1) is 5.92 Å². The molecule has 1 heterocycles. The van der Waals surface area contributed by atoms with E-state index in [9.17, 15) is 5.11 Å². The number of nitrogens with one attached hydrogen (secondary N) is 1. The lowest BCUT2D eigenvalue weighted by Gasteiger charge is -2.24. The van der Waals surface area contributed by atoms with E-state index in [4.69, 9.17) is 4.74 Å². The molecule has 0 aromatic carbocycles. The molecule has 0 fully saturated rings. The van der Waals surface area contributed by atoms with Gasteiger partial charge in [0.2, 0.25) is 0 Å². The fourth-order valence-corrected chi connectivity index (χ4v) is 3.03. The smallest absolute Gasteiger partial charge is 0.0897 e. The Kier molecular flexibility index (Phi) is 8.49. The highest BCUT2D eigenvalue weighted by Gasteiger charge is 2.21. The van der Waals surface area contributed by atoms with E-state index in [2.05, 4.69) is 50.5 Å². The lowest BCUT2D eigenvalue weighted by molar-refractivity contribution is 0.0343. The third-order valence-corrected chi connectivity index (χ3v) is 4.75. The molecule has 1 atom stereocenters. The summed E-state index contributed by atoms with van der Waals surface area (Å²) in [5, 5.41) is 15.4. The lowest BCUT2D eigenvalue weighted by atomic mass is 9.91. The van der Waals surface area contributed by atoms with Gasteiger partial charge in [-0.1, -0.05) is 33.8 Å². The van der Waals surface area contributed by atoms with Gasteiger partial charge >= 0.3 is 0 Å². The summed E-state index contributed by atoms with van der Waals surface area (Å²) in [6.07, 6.45) is 1.83. The minimum Gasteiger partial charge on any atom is -0.389 e. The molecule has 0 saturated heterocycles. The fraction of sp³-hybridized carbons (Fsp3) is 0.765. The van der Waals surface area contributed by atoms with Gasteiger partial charge in [-0.2, -0.15) is 0 Å². The molecular weight excluding hydrogens is 282 g/mol. The van der Waals surface area contributed by atoms with Crippen molar-refractivity contribution in [2.24, 2.45) is 5.92 Å². The van der Waals surface area contributed by atoms with Crippen molar-refractivity contribution in [2.75, 3.05) is 26.3 Å². The summed E-state index contributed by atoms with van der Waals surface area (Å²) < 4.78 is 5.51. The molecule has 1 aromatic rings. The van der Waals surface area contributed by atoms with Crippen LogP contribution in [0.25, 0.3) is 0 Å². The number of aliphatic hydroxyl groups is 1. The fourth-order valence-electron chi connectivity index (χ4n) is 2.17. The van der Waals surface area contributed by atoms with Crippen molar-refractivity contribution in [3.8, 4) is 0 Å². The average Bonchev–Trinajstić information content (AvgIpc) is 2.92. The molecule has 0 aliphatic heterocycles. The molecule has 0 saturated carbocycles. The Morgan fingerprint density at radius 3 is 2.76 bits per heavy atom. The monoisotopic (exact) mass is 313 g/mol. The van der Waals surface area contributed by atoms with E-state index in [-0.39, 0.29) is 5.41 Å². The Bertz CT molecular complexity index is 363. The van der Waals surface area contributed by atoms with Crippen molar-refractivity contribution in [3.63, 3.8) is 0 Å². The molecule has 0 radical (unpaired) electrons. The maximum absolute atomic E-state index is 9.90. The SMILES string of the molecule is CC(C)CCCOCC(O)CNCC(C)(C)c1cccs1. The summed E-state index contributed by atoms with van der Waals surface area (Å²) in [5.41, 5.74) is 0.103. The molecule has 1 unspecified atom stereocenters. The standard InChI is InChI=1S/C17H31NO2S/c1-14(2)7-5-9-20-12-15(19)11-18-13-17(3,4)16-8-6-10-21-16/h6,8,10,14-15,18-19H,5,7,9,11-13H2,1-4H3. The summed E-state index contributed by atoms with van der Waals surface area (Å²) in [4.78, 5) is 1.37. The summed E-state index contributed by atoms with van der Waals surface area (Å²) in [5.74, 6) is 0.722. The topological polar surface area (TPSA) is 41.5 Å². The van der Waals surface area contributed by atoms with Crippen molar-refractivity contribution >= 4 is 11.3 Å². The number of aliphatic hydroxyl groups excluding tert-OH is 1. The average molecular weight is 314 g/mol. The highest BCUT2D eigenvalue weighted by Crippen LogP contribution is 2.26. The molecule has 1 rings (SSSR count). The summed E-state index contributed by atoms with van der Waals surface area (Å²) in [6.45, 7) is 11.5. The second-order valence-corrected chi connectivity index (χ2v) is 7.70. The van der Waals surface area contributed by atoms with Crippen LogP contribution >= 0.6 is 11.3 Å². The second-order valence-electron chi connectivity index (χ2n) is 6.76. The molecule has 21 heavy (non-hydrogen) atoms. The van der Waals surface area contributed by atoms with Gasteiger partial charge in [0.15, 0.2) is 0 Å². The maximum Gasteiger partial charge on any atom is 0.0897 e. The number of hydrogen-bond donors (Lipinski definition) is 2. The Labute approximate surface area is 133 Å². The van der Waals surface area contributed by atoms with Gasteiger partial charge in [0.1, 0.15) is 0 Å². The van der Waals surface area contributed by atoms with Gasteiger partial charge in [0.25, 0.3) is 0 Å². The molecule has 4 heteroatoms. The third-order valence-electron chi connectivity index (χ3n) is 3.52. The second kappa shape index (κ2) is 9.57. The van der Waals surface area contributed by atoms with Gasteiger partial charge in [-0.3, -0.25) is 0 Å². The first kappa shape index (κ1) is 18.6. The highest BCUT2D eigenvalue weighted by molar-refractivity contribution is 7.10. The predicted molar refractivity (Wildman–Crippen MR) is 91.1 cm³/mol. The number of hydrogen-bond acceptors (Lipinski definition) is 4. The summed E-state index contributed by atoms with van der Waals surface area (Å²) in [7, 11) is 0. The molecule has 122 valence electrons. The van der Waals surface area contributed by atoms with E-state index >= 15 is 0 Å². The Morgan fingerprint density at radius 1 is 1.38 bits per heavy atom. The van der Waals surface area contributed by atoms with Gasteiger partial charge < -0.3 is 15.2 Å². The molecule has 0 aliphatic rings. The minimum atomic E-state index is -0.428. The van der Waals surface area contributed by atoms with Crippen LogP contribution in [0.15, 0.2) is 17.5 Å². The zero-order chi connectivity index (χ0) is 15.7. The van der Waals surface area contributed by atoms with Gasteiger partial charge in [-0.05, 0) is 30.2 Å². The highest BCUT2D eigenvalue weighted by atomic mass is 32.1. The molecule has 0 spiro atoms. The van der Waals surface area contributed by atoms with E-state index in [0.717, 1.165) is 25.5 Å². The molecule has 1 aromatic heterocycles. The van der Waals surface area contributed by atoms with Gasteiger partial charge in [0, 0.05) is 30.0 Å². The van der Waals surface area contributed by atoms with Crippen LogP contribution in [0.1, 0.15) is 45.4 Å².